The summed E-state index contributed by atoms with van der Waals surface area (Å²) in [6.45, 7) is 5.37. The lowest BCUT2D eigenvalue weighted by atomic mass is 10.2. The summed E-state index contributed by atoms with van der Waals surface area (Å²) in [5, 5.41) is 3.61. The second-order valence-corrected chi connectivity index (χ2v) is 5.85. The lowest BCUT2D eigenvalue weighted by Gasteiger charge is -2.08. The molecule has 0 fully saturated rings. The van der Waals surface area contributed by atoms with Gasteiger partial charge in [-0.3, -0.25) is 4.72 Å². The number of hydrogen-bond donors (Lipinski definition) is 1. The fourth-order valence-electron chi connectivity index (χ4n) is 1.71. The van der Waals surface area contributed by atoms with E-state index in [-0.39, 0.29) is 10.7 Å². The molecule has 0 amide bonds. The van der Waals surface area contributed by atoms with Crippen molar-refractivity contribution in [3.8, 4) is 0 Å². The third-order valence-corrected chi connectivity index (χ3v) is 4.00. The molecule has 18 heavy (non-hydrogen) atoms. The molecule has 0 atom stereocenters. The summed E-state index contributed by atoms with van der Waals surface area (Å²) < 4.78 is 31.5. The molecule has 1 heterocycles. The molecular weight excluding hydrogens is 252 g/mol. The molecule has 0 bridgehead atoms. The monoisotopic (exact) mass is 266 g/mol. The van der Waals surface area contributed by atoms with Crippen molar-refractivity contribution in [2.24, 2.45) is 0 Å². The molecule has 96 valence electrons. The van der Waals surface area contributed by atoms with Gasteiger partial charge in [0.25, 0.3) is 10.0 Å². The van der Waals surface area contributed by atoms with Crippen LogP contribution in [0.4, 0.5) is 5.82 Å². The van der Waals surface area contributed by atoms with Crippen LogP contribution in [0.15, 0.2) is 33.7 Å². The van der Waals surface area contributed by atoms with E-state index < -0.39 is 10.0 Å². The molecule has 0 aliphatic heterocycles. The van der Waals surface area contributed by atoms with Gasteiger partial charge in [-0.15, -0.1) is 0 Å². The smallest absolute Gasteiger partial charge is 0.263 e. The number of rotatable bonds is 3. The van der Waals surface area contributed by atoms with Gasteiger partial charge in [0, 0.05) is 6.07 Å². The zero-order valence-electron chi connectivity index (χ0n) is 10.4. The van der Waals surface area contributed by atoms with E-state index in [0.717, 1.165) is 5.56 Å². The number of nitrogens with zero attached hydrogens (tertiary/aromatic N) is 1. The molecule has 1 aromatic heterocycles. The predicted molar refractivity (Wildman–Crippen MR) is 68.0 cm³/mol. The van der Waals surface area contributed by atoms with Crippen molar-refractivity contribution in [3.63, 3.8) is 0 Å². The second-order valence-electron chi connectivity index (χ2n) is 4.20. The number of aromatic nitrogens is 1. The van der Waals surface area contributed by atoms with Crippen molar-refractivity contribution in [3.05, 3.63) is 41.2 Å². The highest BCUT2D eigenvalue weighted by molar-refractivity contribution is 7.92. The van der Waals surface area contributed by atoms with Gasteiger partial charge in [0.15, 0.2) is 5.82 Å². The summed E-state index contributed by atoms with van der Waals surface area (Å²) in [6.07, 6.45) is 0. The second kappa shape index (κ2) is 4.45. The van der Waals surface area contributed by atoms with Crippen LogP contribution in [0.5, 0.6) is 0 Å². The third-order valence-electron chi connectivity index (χ3n) is 2.49. The van der Waals surface area contributed by atoms with E-state index in [1.807, 2.05) is 13.0 Å². The first-order valence-electron chi connectivity index (χ1n) is 5.42. The summed E-state index contributed by atoms with van der Waals surface area (Å²) in [4.78, 5) is 0.244. The van der Waals surface area contributed by atoms with Crippen LogP contribution in [0.25, 0.3) is 0 Å². The van der Waals surface area contributed by atoms with Crippen molar-refractivity contribution in [2.75, 3.05) is 4.72 Å². The van der Waals surface area contributed by atoms with Gasteiger partial charge in [-0.2, -0.15) is 0 Å². The highest BCUT2D eigenvalue weighted by atomic mass is 32.2. The zero-order chi connectivity index (χ0) is 13.3. The molecule has 0 unspecified atom stereocenters. The maximum absolute atomic E-state index is 12.2. The Kier molecular flexibility index (Phi) is 3.13. The van der Waals surface area contributed by atoms with E-state index in [9.17, 15) is 8.42 Å². The van der Waals surface area contributed by atoms with Crippen LogP contribution in [0, 0.1) is 20.8 Å². The van der Waals surface area contributed by atoms with Crippen LogP contribution < -0.4 is 4.72 Å². The van der Waals surface area contributed by atoms with Crippen LogP contribution in [0.1, 0.15) is 16.9 Å². The van der Waals surface area contributed by atoms with Crippen molar-refractivity contribution in [1.29, 1.82) is 0 Å². The Hall–Kier alpha value is -1.82. The molecule has 0 aliphatic carbocycles. The third kappa shape index (κ3) is 2.53. The minimum absolute atomic E-state index is 0.187. The molecule has 0 aliphatic rings. The van der Waals surface area contributed by atoms with E-state index in [0.29, 0.717) is 11.3 Å². The normalized spacial score (nSPS) is 11.5. The van der Waals surface area contributed by atoms with Crippen LogP contribution >= 0.6 is 0 Å². The van der Waals surface area contributed by atoms with E-state index >= 15 is 0 Å². The average molecular weight is 266 g/mol. The Morgan fingerprint density at radius 2 is 1.89 bits per heavy atom. The van der Waals surface area contributed by atoms with E-state index in [1.54, 1.807) is 26.0 Å². The Balaban J connectivity index is 2.36. The first-order chi connectivity index (χ1) is 8.38. The molecule has 0 saturated heterocycles. The van der Waals surface area contributed by atoms with Gasteiger partial charge in [0.1, 0.15) is 5.76 Å². The van der Waals surface area contributed by atoms with E-state index in [4.69, 9.17) is 4.52 Å². The SMILES string of the molecule is Cc1ccc(S(=O)(=O)Nc2cc(C)on2)c(C)c1. The Labute approximate surface area is 106 Å². The molecule has 1 aromatic carbocycles. The highest BCUT2D eigenvalue weighted by Crippen LogP contribution is 2.20. The summed E-state index contributed by atoms with van der Waals surface area (Å²) in [5.74, 6) is 0.737. The van der Waals surface area contributed by atoms with Gasteiger partial charge in [0.2, 0.25) is 0 Å². The number of anilines is 1. The highest BCUT2D eigenvalue weighted by Gasteiger charge is 2.18. The van der Waals surface area contributed by atoms with Crippen LogP contribution in [-0.2, 0) is 10.0 Å². The number of nitrogens with one attached hydrogen (secondary N) is 1. The lowest BCUT2D eigenvalue weighted by Crippen LogP contribution is -2.14. The molecule has 0 radical (unpaired) electrons. The summed E-state index contributed by atoms with van der Waals surface area (Å²) >= 11 is 0. The fourth-order valence-corrected chi connectivity index (χ4v) is 2.92. The van der Waals surface area contributed by atoms with Crippen molar-refractivity contribution in [2.45, 2.75) is 25.7 Å². The quantitative estimate of drug-likeness (QED) is 0.925. The van der Waals surface area contributed by atoms with Crippen LogP contribution in [0.2, 0.25) is 0 Å². The molecule has 0 spiro atoms. The fraction of sp³-hybridized carbons (Fsp3) is 0.250. The minimum Gasteiger partial charge on any atom is -0.360 e. The maximum Gasteiger partial charge on any atom is 0.263 e. The number of hydrogen-bond acceptors (Lipinski definition) is 4. The predicted octanol–water partition coefficient (Wildman–Crippen LogP) is 2.40. The standard InChI is InChI=1S/C12H14N2O3S/c1-8-4-5-11(9(2)6-8)18(15,16)14-12-7-10(3)17-13-12/h4-7H,1-3H3,(H,13,14). The first-order valence-corrected chi connectivity index (χ1v) is 6.90. The van der Waals surface area contributed by atoms with Crippen LogP contribution in [-0.4, -0.2) is 13.6 Å². The molecule has 2 aromatic rings. The summed E-state index contributed by atoms with van der Waals surface area (Å²) in [5.41, 5.74) is 1.71. The molecule has 1 N–H and O–H groups in total. The van der Waals surface area contributed by atoms with Crippen molar-refractivity contribution < 1.29 is 12.9 Å². The maximum atomic E-state index is 12.2. The minimum atomic E-state index is -3.62. The van der Waals surface area contributed by atoms with Gasteiger partial charge in [-0.25, -0.2) is 8.42 Å². The van der Waals surface area contributed by atoms with Gasteiger partial charge in [-0.05, 0) is 32.4 Å². The largest absolute Gasteiger partial charge is 0.360 e. The van der Waals surface area contributed by atoms with Gasteiger partial charge in [-0.1, -0.05) is 22.9 Å². The van der Waals surface area contributed by atoms with E-state index in [1.165, 1.54) is 6.07 Å². The van der Waals surface area contributed by atoms with Gasteiger partial charge < -0.3 is 4.52 Å². The summed E-state index contributed by atoms with van der Waals surface area (Å²) in [7, 11) is -3.62. The average Bonchev–Trinajstić information content (AvgIpc) is 2.62. The summed E-state index contributed by atoms with van der Waals surface area (Å²) in [6, 6.07) is 6.69. The first kappa shape index (κ1) is 12.6. The Morgan fingerprint density at radius 1 is 1.17 bits per heavy atom. The molecular formula is C12H14N2O3S. The molecule has 6 heteroatoms. The molecule has 0 saturated carbocycles. The van der Waals surface area contributed by atoms with Gasteiger partial charge >= 0.3 is 0 Å². The zero-order valence-corrected chi connectivity index (χ0v) is 11.2. The van der Waals surface area contributed by atoms with Crippen LogP contribution in [0.3, 0.4) is 0 Å². The van der Waals surface area contributed by atoms with E-state index in [2.05, 4.69) is 9.88 Å². The number of benzene rings is 1. The lowest BCUT2D eigenvalue weighted by molar-refractivity contribution is 0.400. The van der Waals surface area contributed by atoms with Crippen molar-refractivity contribution >= 4 is 15.8 Å². The molecule has 2 rings (SSSR count). The Morgan fingerprint density at radius 3 is 2.44 bits per heavy atom. The number of sulfonamides is 1. The number of aryl methyl sites for hydroxylation is 3. The molecule has 5 nitrogen and oxygen atoms in total. The van der Waals surface area contributed by atoms with Crippen molar-refractivity contribution in [1.82, 2.24) is 5.16 Å². The Bertz CT molecular complexity index is 674. The van der Waals surface area contributed by atoms with Gasteiger partial charge in [0.05, 0.1) is 4.90 Å². The topological polar surface area (TPSA) is 72.2 Å².